The molecular formula is C12H23NO2. The standard InChI is InChI=1S/C12H23NO2/c13-9-8-12(6-2-3-7-12)15-11-5-1-4-10-14-11/h11H,1-10,13H2. The molecule has 0 spiro atoms. The molecule has 0 aromatic rings. The minimum atomic E-state index is 0.0448. The molecule has 1 saturated carbocycles. The highest BCUT2D eigenvalue weighted by atomic mass is 16.7. The maximum atomic E-state index is 6.18. The summed E-state index contributed by atoms with van der Waals surface area (Å²) in [4.78, 5) is 0. The lowest BCUT2D eigenvalue weighted by Gasteiger charge is -2.35. The minimum absolute atomic E-state index is 0.0448. The van der Waals surface area contributed by atoms with E-state index in [-0.39, 0.29) is 11.9 Å². The summed E-state index contributed by atoms with van der Waals surface area (Å²) >= 11 is 0. The second kappa shape index (κ2) is 5.28. The Kier molecular flexibility index (Phi) is 4.00. The Bertz CT molecular complexity index is 184. The van der Waals surface area contributed by atoms with Gasteiger partial charge in [-0.15, -0.1) is 0 Å². The van der Waals surface area contributed by atoms with E-state index in [9.17, 15) is 0 Å². The minimum Gasteiger partial charge on any atom is -0.353 e. The van der Waals surface area contributed by atoms with Crippen LogP contribution in [-0.4, -0.2) is 25.0 Å². The number of rotatable bonds is 4. The summed E-state index contributed by atoms with van der Waals surface area (Å²) in [6.07, 6.45) is 9.43. The molecule has 0 bridgehead atoms. The summed E-state index contributed by atoms with van der Waals surface area (Å²) in [5.74, 6) is 0. The summed E-state index contributed by atoms with van der Waals surface area (Å²) in [5.41, 5.74) is 5.73. The fourth-order valence-electron chi connectivity index (χ4n) is 2.79. The number of hydrogen-bond acceptors (Lipinski definition) is 3. The van der Waals surface area contributed by atoms with Gasteiger partial charge in [0, 0.05) is 6.61 Å². The monoisotopic (exact) mass is 213 g/mol. The predicted octanol–water partition coefficient (Wildman–Crippen LogP) is 2.19. The molecule has 1 aliphatic heterocycles. The average molecular weight is 213 g/mol. The first-order valence-electron chi connectivity index (χ1n) is 6.34. The molecule has 0 aromatic heterocycles. The van der Waals surface area contributed by atoms with Crippen molar-refractivity contribution in [2.45, 2.75) is 63.3 Å². The third-order valence-electron chi connectivity index (χ3n) is 3.63. The number of nitrogens with two attached hydrogens (primary N) is 1. The first kappa shape index (κ1) is 11.4. The Morgan fingerprint density at radius 1 is 1.20 bits per heavy atom. The lowest BCUT2D eigenvalue weighted by molar-refractivity contribution is -0.224. The normalized spacial score (nSPS) is 30.6. The van der Waals surface area contributed by atoms with Crippen molar-refractivity contribution in [2.24, 2.45) is 5.73 Å². The molecule has 1 unspecified atom stereocenters. The van der Waals surface area contributed by atoms with Gasteiger partial charge in [-0.25, -0.2) is 0 Å². The quantitative estimate of drug-likeness (QED) is 0.778. The van der Waals surface area contributed by atoms with Gasteiger partial charge in [0.25, 0.3) is 0 Å². The third kappa shape index (κ3) is 2.92. The van der Waals surface area contributed by atoms with E-state index in [4.69, 9.17) is 15.2 Å². The first-order chi connectivity index (χ1) is 7.35. The SMILES string of the molecule is NCCC1(OC2CCCCO2)CCCC1. The van der Waals surface area contributed by atoms with Crippen LogP contribution in [0.4, 0.5) is 0 Å². The van der Waals surface area contributed by atoms with Crippen LogP contribution in [0.5, 0.6) is 0 Å². The third-order valence-corrected chi connectivity index (χ3v) is 3.63. The Hall–Kier alpha value is -0.120. The number of ether oxygens (including phenoxy) is 2. The van der Waals surface area contributed by atoms with Gasteiger partial charge in [-0.2, -0.15) is 0 Å². The van der Waals surface area contributed by atoms with Crippen molar-refractivity contribution in [1.82, 2.24) is 0 Å². The van der Waals surface area contributed by atoms with Crippen molar-refractivity contribution >= 4 is 0 Å². The molecule has 3 heteroatoms. The lowest BCUT2D eigenvalue weighted by Crippen LogP contribution is -2.38. The van der Waals surface area contributed by atoms with E-state index < -0.39 is 0 Å². The highest BCUT2D eigenvalue weighted by Gasteiger charge is 2.36. The fourth-order valence-corrected chi connectivity index (χ4v) is 2.79. The first-order valence-corrected chi connectivity index (χ1v) is 6.34. The summed E-state index contributed by atoms with van der Waals surface area (Å²) in [5, 5.41) is 0. The second-order valence-corrected chi connectivity index (χ2v) is 4.84. The van der Waals surface area contributed by atoms with Crippen LogP contribution < -0.4 is 5.73 Å². The fraction of sp³-hybridized carbons (Fsp3) is 1.00. The maximum absolute atomic E-state index is 6.18. The van der Waals surface area contributed by atoms with E-state index in [0.29, 0.717) is 0 Å². The van der Waals surface area contributed by atoms with Crippen LogP contribution in [0.25, 0.3) is 0 Å². The molecule has 2 N–H and O–H groups in total. The van der Waals surface area contributed by atoms with Gasteiger partial charge in [0.05, 0.1) is 5.60 Å². The van der Waals surface area contributed by atoms with Crippen LogP contribution >= 0.6 is 0 Å². The summed E-state index contributed by atoms with van der Waals surface area (Å²) in [6, 6.07) is 0. The highest BCUT2D eigenvalue weighted by Crippen LogP contribution is 2.38. The van der Waals surface area contributed by atoms with Gasteiger partial charge < -0.3 is 15.2 Å². The smallest absolute Gasteiger partial charge is 0.158 e. The molecule has 88 valence electrons. The second-order valence-electron chi connectivity index (χ2n) is 4.84. The average Bonchev–Trinajstić information content (AvgIpc) is 2.69. The Balaban J connectivity index is 1.87. The summed E-state index contributed by atoms with van der Waals surface area (Å²) < 4.78 is 11.8. The molecule has 3 nitrogen and oxygen atoms in total. The van der Waals surface area contributed by atoms with Gasteiger partial charge in [0.1, 0.15) is 0 Å². The van der Waals surface area contributed by atoms with E-state index in [1.165, 1.54) is 38.5 Å². The maximum Gasteiger partial charge on any atom is 0.158 e. The molecule has 1 heterocycles. The van der Waals surface area contributed by atoms with E-state index in [2.05, 4.69) is 0 Å². The largest absolute Gasteiger partial charge is 0.353 e. The van der Waals surface area contributed by atoms with E-state index in [1.807, 2.05) is 0 Å². The summed E-state index contributed by atoms with van der Waals surface area (Å²) in [7, 11) is 0. The molecule has 0 amide bonds. The molecule has 2 aliphatic rings. The van der Waals surface area contributed by atoms with Crippen LogP contribution in [0.2, 0.25) is 0 Å². The molecule has 1 aliphatic carbocycles. The molecule has 2 fully saturated rings. The van der Waals surface area contributed by atoms with Crippen LogP contribution in [0, 0.1) is 0 Å². The van der Waals surface area contributed by atoms with Gasteiger partial charge >= 0.3 is 0 Å². The van der Waals surface area contributed by atoms with Gasteiger partial charge in [-0.1, -0.05) is 12.8 Å². The van der Waals surface area contributed by atoms with E-state index in [0.717, 1.165) is 26.0 Å². The molecule has 1 atom stereocenters. The Morgan fingerprint density at radius 2 is 2.00 bits per heavy atom. The van der Waals surface area contributed by atoms with Crippen LogP contribution in [-0.2, 0) is 9.47 Å². The Morgan fingerprint density at radius 3 is 2.60 bits per heavy atom. The zero-order chi connectivity index (χ0) is 10.6. The topological polar surface area (TPSA) is 44.5 Å². The van der Waals surface area contributed by atoms with E-state index >= 15 is 0 Å². The zero-order valence-corrected chi connectivity index (χ0v) is 9.54. The predicted molar refractivity (Wildman–Crippen MR) is 59.5 cm³/mol. The molecule has 1 saturated heterocycles. The van der Waals surface area contributed by atoms with Crippen LogP contribution in [0.1, 0.15) is 51.4 Å². The van der Waals surface area contributed by atoms with Crippen molar-refractivity contribution < 1.29 is 9.47 Å². The van der Waals surface area contributed by atoms with E-state index in [1.54, 1.807) is 0 Å². The molecule has 2 rings (SSSR count). The van der Waals surface area contributed by atoms with Gasteiger partial charge in [-0.05, 0) is 45.1 Å². The highest BCUT2D eigenvalue weighted by molar-refractivity contribution is 4.87. The molecule has 0 radical (unpaired) electrons. The van der Waals surface area contributed by atoms with Crippen LogP contribution in [0.15, 0.2) is 0 Å². The Labute approximate surface area is 92.3 Å². The van der Waals surface area contributed by atoms with Crippen molar-refractivity contribution in [3.8, 4) is 0 Å². The number of hydrogen-bond donors (Lipinski definition) is 1. The van der Waals surface area contributed by atoms with Crippen molar-refractivity contribution in [3.63, 3.8) is 0 Å². The van der Waals surface area contributed by atoms with Crippen molar-refractivity contribution in [1.29, 1.82) is 0 Å². The van der Waals surface area contributed by atoms with Crippen molar-refractivity contribution in [3.05, 3.63) is 0 Å². The summed E-state index contributed by atoms with van der Waals surface area (Å²) in [6.45, 7) is 1.59. The molecule has 15 heavy (non-hydrogen) atoms. The zero-order valence-electron chi connectivity index (χ0n) is 9.54. The van der Waals surface area contributed by atoms with Gasteiger partial charge in [-0.3, -0.25) is 0 Å². The van der Waals surface area contributed by atoms with Gasteiger partial charge in [0.15, 0.2) is 6.29 Å². The van der Waals surface area contributed by atoms with Crippen molar-refractivity contribution in [2.75, 3.05) is 13.2 Å². The van der Waals surface area contributed by atoms with Crippen LogP contribution in [0.3, 0.4) is 0 Å². The molecular weight excluding hydrogens is 190 g/mol. The van der Waals surface area contributed by atoms with Gasteiger partial charge in [0.2, 0.25) is 0 Å². The lowest BCUT2D eigenvalue weighted by atomic mass is 9.97. The molecule has 0 aromatic carbocycles.